The summed E-state index contributed by atoms with van der Waals surface area (Å²) in [5.74, 6) is 0.124. The van der Waals surface area contributed by atoms with Crippen molar-refractivity contribution in [1.82, 2.24) is 9.88 Å². The minimum atomic E-state index is -0.790. The molecular weight excluding hydrogens is 345 g/mol. The van der Waals surface area contributed by atoms with Gasteiger partial charge in [0.25, 0.3) is 0 Å². The first kappa shape index (κ1) is 17.5. The van der Waals surface area contributed by atoms with Crippen LogP contribution >= 0.6 is 0 Å². The Labute approximate surface area is 157 Å². The number of nitrogens with one attached hydrogen (secondary N) is 3. The molecule has 0 radical (unpaired) electrons. The minimum absolute atomic E-state index is 0.00682. The molecule has 0 spiro atoms. The van der Waals surface area contributed by atoms with Crippen molar-refractivity contribution in [2.24, 2.45) is 4.99 Å². The Hall–Kier alpha value is -2.96. The van der Waals surface area contributed by atoms with Crippen LogP contribution < -0.4 is 5.32 Å². The predicted octanol–water partition coefficient (Wildman–Crippen LogP) is 3.87. The lowest BCUT2D eigenvalue weighted by Crippen LogP contribution is -2.64. The van der Waals surface area contributed by atoms with Gasteiger partial charge in [0.1, 0.15) is 6.17 Å². The number of alkyl halides is 1. The van der Waals surface area contributed by atoms with Gasteiger partial charge in [-0.3, -0.25) is 5.41 Å². The van der Waals surface area contributed by atoms with E-state index in [9.17, 15) is 9.18 Å². The highest BCUT2D eigenvalue weighted by molar-refractivity contribution is 6.05. The third kappa shape index (κ3) is 3.49. The van der Waals surface area contributed by atoms with Gasteiger partial charge in [-0.1, -0.05) is 6.07 Å². The van der Waals surface area contributed by atoms with Gasteiger partial charge in [-0.05, 0) is 56.0 Å². The van der Waals surface area contributed by atoms with E-state index in [1.165, 1.54) is 0 Å². The number of urea groups is 1. The average molecular weight is 367 g/mol. The van der Waals surface area contributed by atoms with Crippen molar-refractivity contribution in [2.45, 2.75) is 44.4 Å². The number of nitrogens with zero attached hydrogens (tertiary/aromatic N) is 2. The Morgan fingerprint density at radius 1 is 1.33 bits per heavy atom. The van der Waals surface area contributed by atoms with E-state index in [-0.39, 0.29) is 24.0 Å². The number of benzene rings is 1. The number of amides is 2. The molecule has 2 aliphatic heterocycles. The number of amidine groups is 1. The number of aromatic amines is 1. The first-order valence-corrected chi connectivity index (χ1v) is 9.11. The SMILES string of the molecule is Cc1ccc(NC(=O)N2C3CC(F)CC2C3)cc1C(=N)N=Cc1ccc[nH]1. The number of halogens is 1. The number of aromatic nitrogens is 1. The molecular formula is C20H22FN5O. The van der Waals surface area contributed by atoms with Gasteiger partial charge in [-0.15, -0.1) is 0 Å². The Bertz CT molecular complexity index is 880. The summed E-state index contributed by atoms with van der Waals surface area (Å²) in [7, 11) is 0. The van der Waals surface area contributed by atoms with Gasteiger partial charge in [0.05, 0.1) is 11.9 Å². The summed E-state index contributed by atoms with van der Waals surface area (Å²) >= 11 is 0. The van der Waals surface area contributed by atoms with Gasteiger partial charge in [0, 0.05) is 29.5 Å². The van der Waals surface area contributed by atoms with Crippen molar-refractivity contribution in [2.75, 3.05) is 5.32 Å². The Kier molecular flexibility index (Phi) is 4.51. The highest BCUT2D eigenvalue weighted by atomic mass is 19.1. The molecule has 27 heavy (non-hydrogen) atoms. The van der Waals surface area contributed by atoms with Crippen molar-refractivity contribution in [3.63, 3.8) is 0 Å². The number of anilines is 1. The Balaban J connectivity index is 1.46. The summed E-state index contributed by atoms with van der Waals surface area (Å²) < 4.78 is 13.5. The molecule has 2 aliphatic rings. The first-order chi connectivity index (χ1) is 13.0. The number of aryl methyl sites for hydroxylation is 1. The fourth-order valence-corrected chi connectivity index (χ4v) is 3.91. The van der Waals surface area contributed by atoms with E-state index in [0.717, 1.165) is 17.7 Å². The van der Waals surface area contributed by atoms with Crippen molar-refractivity contribution in [3.05, 3.63) is 53.3 Å². The molecule has 2 atom stereocenters. The summed E-state index contributed by atoms with van der Waals surface area (Å²) in [5.41, 5.74) is 2.99. The number of carbonyl (C=O) groups excluding carboxylic acids is 1. The maximum Gasteiger partial charge on any atom is 0.322 e. The quantitative estimate of drug-likeness (QED) is 0.558. The normalized spacial score (nSPS) is 23.9. The van der Waals surface area contributed by atoms with Crippen LogP contribution in [0, 0.1) is 12.3 Å². The molecule has 4 rings (SSSR count). The largest absolute Gasteiger partial charge is 0.360 e. The smallest absolute Gasteiger partial charge is 0.322 e. The third-order valence-corrected chi connectivity index (χ3v) is 5.32. The Morgan fingerprint density at radius 2 is 2.11 bits per heavy atom. The zero-order valence-electron chi connectivity index (χ0n) is 15.1. The average Bonchev–Trinajstić information content (AvgIpc) is 3.14. The molecule has 3 heterocycles. The molecule has 6 nitrogen and oxygen atoms in total. The van der Waals surface area contributed by atoms with E-state index < -0.39 is 6.17 Å². The summed E-state index contributed by atoms with van der Waals surface area (Å²) in [6.07, 6.45) is 4.36. The van der Waals surface area contributed by atoms with Crippen LogP contribution in [0.3, 0.4) is 0 Å². The zero-order chi connectivity index (χ0) is 19.0. The van der Waals surface area contributed by atoms with Gasteiger partial charge in [0.2, 0.25) is 0 Å². The first-order valence-electron chi connectivity index (χ1n) is 9.11. The van der Waals surface area contributed by atoms with Crippen LogP contribution in [-0.2, 0) is 0 Å². The van der Waals surface area contributed by atoms with Crippen LogP contribution in [0.1, 0.15) is 36.1 Å². The van der Waals surface area contributed by atoms with E-state index in [0.29, 0.717) is 24.1 Å². The van der Waals surface area contributed by atoms with Crippen molar-refractivity contribution in [3.8, 4) is 0 Å². The molecule has 2 fully saturated rings. The molecule has 0 saturated carbocycles. The number of aliphatic imine (C=N–C) groups is 1. The van der Waals surface area contributed by atoms with Crippen LogP contribution in [0.15, 0.2) is 41.5 Å². The molecule has 1 aromatic carbocycles. The summed E-state index contributed by atoms with van der Waals surface area (Å²) in [5, 5.41) is 11.1. The van der Waals surface area contributed by atoms with Gasteiger partial charge < -0.3 is 15.2 Å². The van der Waals surface area contributed by atoms with Gasteiger partial charge >= 0.3 is 6.03 Å². The lowest BCUT2D eigenvalue weighted by molar-refractivity contribution is -0.0202. The molecule has 1 aromatic heterocycles. The van der Waals surface area contributed by atoms with E-state index in [1.54, 1.807) is 23.4 Å². The topological polar surface area (TPSA) is 84.3 Å². The van der Waals surface area contributed by atoms with Crippen LogP contribution in [0.4, 0.5) is 14.9 Å². The molecule has 2 saturated heterocycles. The molecule has 2 bridgehead atoms. The maximum atomic E-state index is 13.5. The lowest BCUT2D eigenvalue weighted by Gasteiger charge is -2.53. The van der Waals surface area contributed by atoms with Crippen LogP contribution in [0.25, 0.3) is 0 Å². The van der Waals surface area contributed by atoms with Gasteiger partial charge in [-0.2, -0.15) is 0 Å². The fourth-order valence-electron chi connectivity index (χ4n) is 3.91. The predicted molar refractivity (Wildman–Crippen MR) is 104 cm³/mol. The third-order valence-electron chi connectivity index (χ3n) is 5.32. The number of fused-ring (bicyclic) bond motifs is 2. The molecule has 2 aromatic rings. The lowest BCUT2D eigenvalue weighted by atomic mass is 9.79. The number of hydrogen-bond donors (Lipinski definition) is 3. The summed E-state index contributed by atoms with van der Waals surface area (Å²) in [4.78, 5) is 21.5. The van der Waals surface area contributed by atoms with Crippen molar-refractivity contribution in [1.29, 1.82) is 5.41 Å². The second kappa shape index (κ2) is 6.98. The minimum Gasteiger partial charge on any atom is -0.360 e. The number of carbonyl (C=O) groups is 1. The monoisotopic (exact) mass is 367 g/mol. The fraction of sp³-hybridized carbons (Fsp3) is 0.350. The second-order valence-electron chi connectivity index (χ2n) is 7.21. The number of H-pyrrole nitrogens is 1. The van der Waals surface area contributed by atoms with Crippen molar-refractivity contribution < 1.29 is 9.18 Å². The molecule has 7 heteroatoms. The van der Waals surface area contributed by atoms with E-state index in [4.69, 9.17) is 5.41 Å². The van der Waals surface area contributed by atoms with E-state index >= 15 is 0 Å². The molecule has 2 amide bonds. The zero-order valence-corrected chi connectivity index (χ0v) is 15.1. The van der Waals surface area contributed by atoms with Crippen LogP contribution in [0.5, 0.6) is 0 Å². The highest BCUT2D eigenvalue weighted by Gasteiger charge is 2.48. The molecule has 2 unspecified atom stereocenters. The Morgan fingerprint density at radius 3 is 2.81 bits per heavy atom. The van der Waals surface area contributed by atoms with E-state index in [2.05, 4.69) is 15.3 Å². The standard InChI is InChI=1S/C20H22FN5O/c1-12-4-5-14(9-18(12)19(22)24-11-15-3-2-6-23-15)25-20(27)26-16-7-13(21)8-17(26)10-16/h2-6,9,11,13,16-17,22-23H,7-8,10H2,1H3,(H,25,27). The van der Waals surface area contributed by atoms with Crippen LogP contribution in [-0.4, -0.2) is 46.2 Å². The van der Waals surface area contributed by atoms with E-state index in [1.807, 2.05) is 31.2 Å². The molecule has 0 aliphatic carbocycles. The molecule has 140 valence electrons. The van der Waals surface area contributed by atoms with Gasteiger partial charge in [-0.25, -0.2) is 14.2 Å². The van der Waals surface area contributed by atoms with Crippen molar-refractivity contribution >= 4 is 23.8 Å². The molecule has 3 N–H and O–H groups in total. The maximum absolute atomic E-state index is 13.5. The van der Waals surface area contributed by atoms with Crippen LogP contribution in [0.2, 0.25) is 0 Å². The van der Waals surface area contributed by atoms with Gasteiger partial charge in [0.15, 0.2) is 5.84 Å². The summed E-state index contributed by atoms with van der Waals surface area (Å²) in [6, 6.07) is 8.98. The number of rotatable bonds is 3. The summed E-state index contributed by atoms with van der Waals surface area (Å²) in [6.45, 7) is 1.90. The number of piperidine rings is 1. The second-order valence-corrected chi connectivity index (χ2v) is 7.21. The highest BCUT2D eigenvalue weighted by Crippen LogP contribution is 2.39. The number of hydrogen-bond acceptors (Lipinski definition) is 2.